The number of hydrogen-bond donors (Lipinski definition) is 2. The van der Waals surface area contributed by atoms with Gasteiger partial charge in [0.05, 0.1) is 12.3 Å². The average Bonchev–Trinajstić information content (AvgIpc) is 2.60. The zero-order chi connectivity index (χ0) is 19.9. The Kier molecular flexibility index (Phi) is 7.36. The van der Waals surface area contributed by atoms with Crippen molar-refractivity contribution in [3.05, 3.63) is 70.5 Å². The Morgan fingerprint density at radius 2 is 1.67 bits per heavy atom. The maximum absolute atomic E-state index is 13.4. The molecule has 2 rings (SSSR count). The van der Waals surface area contributed by atoms with Crippen molar-refractivity contribution in [2.75, 3.05) is 12.8 Å². The molecule has 0 saturated carbocycles. The molecule has 0 aliphatic carbocycles. The number of rotatable bonds is 7. The third-order valence-electron chi connectivity index (χ3n) is 3.90. The Hall–Kier alpha value is -2.41. The van der Waals surface area contributed by atoms with Crippen LogP contribution in [0.2, 0.25) is 0 Å². The van der Waals surface area contributed by atoms with E-state index in [0.29, 0.717) is 24.6 Å². The van der Waals surface area contributed by atoms with E-state index in [1.165, 1.54) is 12.3 Å². The molecule has 0 radical (unpaired) electrons. The number of hydrogen-bond acceptors (Lipinski definition) is 3. The van der Waals surface area contributed by atoms with Gasteiger partial charge in [-0.1, -0.05) is 36.4 Å². The van der Waals surface area contributed by atoms with Crippen LogP contribution in [0.4, 0.5) is 4.39 Å². The van der Waals surface area contributed by atoms with Gasteiger partial charge < -0.3 is 10.6 Å². The van der Waals surface area contributed by atoms with E-state index in [9.17, 15) is 12.8 Å². The number of halogens is 1. The van der Waals surface area contributed by atoms with Gasteiger partial charge in [-0.3, -0.25) is 0 Å². The minimum Gasteiger partial charge on any atom is -0.357 e. The van der Waals surface area contributed by atoms with E-state index >= 15 is 0 Å². The van der Waals surface area contributed by atoms with Gasteiger partial charge in [-0.2, -0.15) is 0 Å². The summed E-state index contributed by atoms with van der Waals surface area (Å²) in [6.07, 6.45) is 1.23. The first kappa shape index (κ1) is 20.9. The first-order chi connectivity index (χ1) is 12.8. The van der Waals surface area contributed by atoms with Crippen molar-refractivity contribution in [2.45, 2.75) is 32.7 Å². The Morgan fingerprint density at radius 3 is 2.26 bits per heavy atom. The Balaban J connectivity index is 1.97. The minimum absolute atomic E-state index is 0.0435. The number of sulfone groups is 1. The fraction of sp³-hybridized carbons (Fsp3) is 0.350. The molecule has 0 saturated heterocycles. The first-order valence-electron chi connectivity index (χ1n) is 8.79. The number of guanidine groups is 1. The molecular formula is C20H26FN3O2S. The van der Waals surface area contributed by atoms with E-state index in [1.54, 1.807) is 19.1 Å². The van der Waals surface area contributed by atoms with Crippen LogP contribution in [0.1, 0.15) is 29.2 Å². The molecule has 0 atom stereocenters. The zero-order valence-corrected chi connectivity index (χ0v) is 16.7. The molecule has 0 spiro atoms. The lowest BCUT2D eigenvalue weighted by Crippen LogP contribution is -2.36. The standard InChI is InChI=1S/C20H26FN3O2S/c1-4-22-20(24-13-18-9-10-19(21)15(2)11-18)23-12-16-5-7-17(8-6-16)14-27(3,25)26/h5-11H,4,12-14H2,1-3H3,(H2,22,23,24). The zero-order valence-electron chi connectivity index (χ0n) is 15.9. The third-order valence-corrected chi connectivity index (χ3v) is 4.76. The van der Waals surface area contributed by atoms with Crippen molar-refractivity contribution in [2.24, 2.45) is 4.99 Å². The van der Waals surface area contributed by atoms with Crippen LogP contribution in [0.3, 0.4) is 0 Å². The highest BCUT2D eigenvalue weighted by Gasteiger charge is 2.05. The van der Waals surface area contributed by atoms with E-state index in [0.717, 1.165) is 23.2 Å². The summed E-state index contributed by atoms with van der Waals surface area (Å²) in [7, 11) is -3.03. The smallest absolute Gasteiger partial charge is 0.191 e. The van der Waals surface area contributed by atoms with Gasteiger partial charge in [-0.25, -0.2) is 17.8 Å². The molecule has 0 unspecified atom stereocenters. The number of nitrogens with one attached hydrogen (secondary N) is 2. The van der Waals surface area contributed by atoms with Crippen LogP contribution >= 0.6 is 0 Å². The van der Waals surface area contributed by atoms with Crippen LogP contribution in [0.15, 0.2) is 47.5 Å². The average molecular weight is 392 g/mol. The van der Waals surface area contributed by atoms with Crippen LogP contribution in [-0.4, -0.2) is 27.2 Å². The van der Waals surface area contributed by atoms with Crippen molar-refractivity contribution in [1.29, 1.82) is 0 Å². The predicted octanol–water partition coefficient (Wildman–Crippen LogP) is 2.93. The lowest BCUT2D eigenvalue weighted by atomic mass is 10.1. The molecule has 0 bridgehead atoms. The van der Waals surface area contributed by atoms with E-state index in [4.69, 9.17) is 0 Å². The van der Waals surface area contributed by atoms with Crippen molar-refractivity contribution in [3.8, 4) is 0 Å². The molecule has 27 heavy (non-hydrogen) atoms. The van der Waals surface area contributed by atoms with Crippen LogP contribution in [0, 0.1) is 12.7 Å². The van der Waals surface area contributed by atoms with E-state index in [-0.39, 0.29) is 11.6 Å². The highest BCUT2D eigenvalue weighted by molar-refractivity contribution is 7.89. The summed E-state index contributed by atoms with van der Waals surface area (Å²) in [6.45, 7) is 5.46. The molecule has 0 fully saturated rings. The van der Waals surface area contributed by atoms with E-state index in [2.05, 4.69) is 15.6 Å². The normalized spacial score (nSPS) is 12.1. The summed E-state index contributed by atoms with van der Waals surface area (Å²) >= 11 is 0. The summed E-state index contributed by atoms with van der Waals surface area (Å²) in [4.78, 5) is 4.53. The Morgan fingerprint density at radius 1 is 1.04 bits per heavy atom. The maximum atomic E-state index is 13.4. The molecule has 0 aliphatic rings. The lowest BCUT2D eigenvalue weighted by Gasteiger charge is -2.12. The monoisotopic (exact) mass is 391 g/mol. The van der Waals surface area contributed by atoms with Crippen LogP contribution in [0.25, 0.3) is 0 Å². The topological polar surface area (TPSA) is 70.6 Å². The molecule has 2 aromatic carbocycles. The first-order valence-corrected chi connectivity index (χ1v) is 10.9. The van der Waals surface area contributed by atoms with Crippen molar-refractivity contribution in [1.82, 2.24) is 10.6 Å². The molecule has 7 heteroatoms. The minimum atomic E-state index is -3.03. The van der Waals surface area contributed by atoms with Crippen molar-refractivity contribution in [3.63, 3.8) is 0 Å². The highest BCUT2D eigenvalue weighted by Crippen LogP contribution is 2.10. The Labute approximate surface area is 160 Å². The van der Waals surface area contributed by atoms with Gasteiger partial charge >= 0.3 is 0 Å². The summed E-state index contributed by atoms with van der Waals surface area (Å²) < 4.78 is 36.0. The second kappa shape index (κ2) is 9.50. The van der Waals surface area contributed by atoms with Gasteiger partial charge in [0, 0.05) is 19.3 Å². The quantitative estimate of drug-likeness (QED) is 0.562. The van der Waals surface area contributed by atoms with Gasteiger partial charge in [0.25, 0.3) is 0 Å². The maximum Gasteiger partial charge on any atom is 0.191 e. The number of benzene rings is 2. The van der Waals surface area contributed by atoms with Crippen molar-refractivity contribution >= 4 is 15.8 Å². The SMILES string of the molecule is CCNC(=NCc1ccc(F)c(C)c1)NCc1ccc(CS(C)(=O)=O)cc1. The number of aliphatic imine (C=N–C) groups is 1. The summed E-state index contributed by atoms with van der Waals surface area (Å²) in [5.74, 6) is 0.494. The van der Waals surface area contributed by atoms with Gasteiger partial charge in [-0.15, -0.1) is 0 Å². The lowest BCUT2D eigenvalue weighted by molar-refractivity contribution is 0.601. The fourth-order valence-electron chi connectivity index (χ4n) is 2.56. The molecule has 2 aromatic rings. The number of nitrogens with zero attached hydrogens (tertiary/aromatic N) is 1. The molecule has 0 amide bonds. The van der Waals surface area contributed by atoms with E-state index in [1.807, 2.05) is 31.2 Å². The summed E-state index contributed by atoms with van der Waals surface area (Å²) in [5, 5.41) is 6.42. The summed E-state index contributed by atoms with van der Waals surface area (Å²) in [5.41, 5.74) is 3.34. The van der Waals surface area contributed by atoms with Crippen LogP contribution in [-0.2, 0) is 28.7 Å². The van der Waals surface area contributed by atoms with Crippen LogP contribution in [0.5, 0.6) is 0 Å². The van der Waals surface area contributed by atoms with E-state index < -0.39 is 9.84 Å². The molecule has 0 aliphatic heterocycles. The molecule has 2 N–H and O–H groups in total. The highest BCUT2D eigenvalue weighted by atomic mass is 32.2. The molecule has 0 heterocycles. The second-order valence-electron chi connectivity index (χ2n) is 6.52. The van der Waals surface area contributed by atoms with Gasteiger partial charge in [0.2, 0.25) is 0 Å². The molecular weight excluding hydrogens is 365 g/mol. The van der Waals surface area contributed by atoms with Gasteiger partial charge in [0.1, 0.15) is 5.82 Å². The molecule has 0 aromatic heterocycles. The third kappa shape index (κ3) is 7.38. The Bertz CT molecular complexity index is 894. The van der Waals surface area contributed by atoms with Crippen molar-refractivity contribution < 1.29 is 12.8 Å². The number of aryl methyl sites for hydroxylation is 1. The fourth-order valence-corrected chi connectivity index (χ4v) is 3.36. The summed E-state index contributed by atoms with van der Waals surface area (Å²) in [6, 6.07) is 12.4. The molecule has 5 nitrogen and oxygen atoms in total. The molecule has 146 valence electrons. The van der Waals surface area contributed by atoms with Gasteiger partial charge in [-0.05, 0) is 42.2 Å². The van der Waals surface area contributed by atoms with Crippen LogP contribution < -0.4 is 10.6 Å². The second-order valence-corrected chi connectivity index (χ2v) is 8.66. The van der Waals surface area contributed by atoms with Gasteiger partial charge in [0.15, 0.2) is 15.8 Å². The predicted molar refractivity (Wildman–Crippen MR) is 108 cm³/mol. The largest absolute Gasteiger partial charge is 0.357 e.